The van der Waals surface area contributed by atoms with E-state index in [9.17, 15) is 9.18 Å². The third kappa shape index (κ3) is 1.81. The number of rotatable bonds is 2. The number of anilines is 1. The molecule has 1 aliphatic heterocycles. The highest BCUT2D eigenvalue weighted by molar-refractivity contribution is 6.31. The highest BCUT2D eigenvalue weighted by atomic mass is 19.1. The van der Waals surface area contributed by atoms with Gasteiger partial charge in [0.2, 0.25) is 0 Å². The van der Waals surface area contributed by atoms with E-state index in [-0.39, 0.29) is 5.75 Å². The first kappa shape index (κ1) is 10.4. The molecule has 1 heterocycles. The minimum Gasteiger partial charge on any atom is -0.490 e. The second-order valence-electron chi connectivity index (χ2n) is 3.23. The molecule has 0 saturated heterocycles. The van der Waals surface area contributed by atoms with Gasteiger partial charge in [0.25, 0.3) is 5.91 Å². The average molecular weight is 224 g/mol. The number of carbonyl (C=O) groups excluding carboxylic acids is 1. The van der Waals surface area contributed by atoms with Crippen molar-refractivity contribution in [2.75, 3.05) is 11.9 Å². The van der Waals surface area contributed by atoms with Crippen LogP contribution in [-0.4, -0.2) is 23.9 Å². The van der Waals surface area contributed by atoms with Crippen LogP contribution in [0.1, 0.15) is 5.56 Å². The second-order valence-corrected chi connectivity index (χ2v) is 3.23. The minimum absolute atomic E-state index is 0.179. The lowest BCUT2D eigenvalue weighted by Crippen LogP contribution is -2.13. The van der Waals surface area contributed by atoms with Crippen molar-refractivity contribution in [1.29, 1.82) is 0 Å². The van der Waals surface area contributed by atoms with Gasteiger partial charge in [-0.3, -0.25) is 4.79 Å². The van der Waals surface area contributed by atoms with Gasteiger partial charge in [0.05, 0.1) is 6.61 Å². The van der Waals surface area contributed by atoms with Gasteiger partial charge in [0.15, 0.2) is 11.6 Å². The largest absolute Gasteiger partial charge is 0.490 e. The van der Waals surface area contributed by atoms with Gasteiger partial charge in [0.1, 0.15) is 6.21 Å². The number of oxime groups is 1. The molecule has 6 heteroatoms. The fourth-order valence-corrected chi connectivity index (χ4v) is 1.59. The summed E-state index contributed by atoms with van der Waals surface area (Å²) in [4.78, 5) is 11.1. The molecule has 1 aromatic rings. The Morgan fingerprint density at radius 1 is 1.62 bits per heavy atom. The number of hydrogen-bond donors (Lipinski definition) is 2. The molecule has 0 radical (unpaired) electrons. The Morgan fingerprint density at radius 2 is 2.44 bits per heavy atom. The highest BCUT2D eigenvalue weighted by Gasteiger charge is 2.21. The van der Waals surface area contributed by atoms with Gasteiger partial charge < -0.3 is 15.3 Å². The molecular weight excluding hydrogens is 215 g/mol. The van der Waals surface area contributed by atoms with E-state index in [2.05, 4.69) is 10.5 Å². The van der Waals surface area contributed by atoms with E-state index in [1.165, 1.54) is 12.1 Å². The molecular formula is C10H9FN2O3. The number of benzene rings is 1. The molecule has 1 aromatic carbocycles. The molecule has 0 unspecified atom stereocenters. The Bertz CT molecular complexity index is 460. The number of carbonyl (C=O) groups is 1. The van der Waals surface area contributed by atoms with Crippen LogP contribution in [0, 0.1) is 5.82 Å². The van der Waals surface area contributed by atoms with E-state index >= 15 is 0 Å². The van der Waals surface area contributed by atoms with Crippen molar-refractivity contribution >= 4 is 17.8 Å². The van der Waals surface area contributed by atoms with Crippen LogP contribution in [0.3, 0.4) is 0 Å². The van der Waals surface area contributed by atoms with Gasteiger partial charge in [-0.05, 0) is 12.1 Å². The van der Waals surface area contributed by atoms with E-state index in [0.717, 1.165) is 6.21 Å². The predicted molar refractivity (Wildman–Crippen MR) is 54.5 cm³/mol. The summed E-state index contributed by atoms with van der Waals surface area (Å²) in [6.45, 7) is 0.396. The van der Waals surface area contributed by atoms with Gasteiger partial charge in [-0.1, -0.05) is 5.16 Å². The molecule has 0 spiro atoms. The third-order valence-corrected chi connectivity index (χ3v) is 2.24. The molecule has 5 nitrogen and oxygen atoms in total. The number of halogens is 1. The van der Waals surface area contributed by atoms with Crippen LogP contribution in [0.15, 0.2) is 17.3 Å². The van der Waals surface area contributed by atoms with E-state index in [1.807, 2.05) is 0 Å². The maximum absolute atomic E-state index is 13.3. The number of fused-ring (bicyclic) bond motifs is 1. The number of amides is 1. The number of ether oxygens (including phenoxy) is 1. The van der Waals surface area contributed by atoms with Crippen molar-refractivity contribution in [3.63, 3.8) is 0 Å². The molecule has 0 fully saturated rings. The molecule has 16 heavy (non-hydrogen) atoms. The molecule has 2 N–H and O–H groups in total. The maximum atomic E-state index is 13.3. The summed E-state index contributed by atoms with van der Waals surface area (Å²) in [5.74, 6) is -0.844. The molecule has 2 rings (SSSR count). The lowest BCUT2D eigenvalue weighted by molar-refractivity contribution is -0.110. The Balaban J connectivity index is 2.29. The Labute approximate surface area is 90.5 Å². The predicted octanol–water partition coefficient (Wildman–Crippen LogP) is 1.16. The summed E-state index contributed by atoms with van der Waals surface area (Å²) in [6, 6.07) is 2.67. The fourth-order valence-electron chi connectivity index (χ4n) is 1.59. The van der Waals surface area contributed by atoms with Crippen molar-refractivity contribution < 1.29 is 19.1 Å². The van der Waals surface area contributed by atoms with E-state index in [4.69, 9.17) is 9.94 Å². The van der Waals surface area contributed by atoms with Crippen molar-refractivity contribution in [3.05, 3.63) is 23.5 Å². The first-order valence-electron chi connectivity index (χ1n) is 4.65. The molecule has 0 aliphatic carbocycles. The Kier molecular flexibility index (Phi) is 2.72. The molecule has 84 valence electrons. The first-order chi connectivity index (χ1) is 7.72. The van der Waals surface area contributed by atoms with E-state index < -0.39 is 11.7 Å². The van der Waals surface area contributed by atoms with Crippen LogP contribution in [-0.2, 0) is 11.2 Å². The van der Waals surface area contributed by atoms with Crippen molar-refractivity contribution in [3.8, 4) is 5.75 Å². The van der Waals surface area contributed by atoms with Gasteiger partial charge >= 0.3 is 0 Å². The summed E-state index contributed by atoms with van der Waals surface area (Å²) >= 11 is 0. The van der Waals surface area contributed by atoms with Crippen LogP contribution in [0.5, 0.6) is 5.75 Å². The number of hydrogen-bond acceptors (Lipinski definition) is 4. The standard InChI is InChI=1S/C10H9FN2O3/c11-7-1-2-8(13-9(14)5-12-15)6-3-4-16-10(6)7/h1-2,5,15H,3-4H2,(H,13,14)/b12-5-. The fraction of sp³-hybridized carbons (Fsp3) is 0.200. The number of nitrogens with one attached hydrogen (secondary N) is 1. The topological polar surface area (TPSA) is 70.9 Å². The summed E-state index contributed by atoms with van der Waals surface area (Å²) in [5.41, 5.74) is 1.10. The molecule has 0 bridgehead atoms. The van der Waals surface area contributed by atoms with E-state index in [0.29, 0.717) is 24.3 Å². The van der Waals surface area contributed by atoms with Crippen LogP contribution >= 0.6 is 0 Å². The molecule has 1 amide bonds. The van der Waals surface area contributed by atoms with Crippen molar-refractivity contribution in [2.45, 2.75) is 6.42 Å². The van der Waals surface area contributed by atoms with E-state index in [1.54, 1.807) is 0 Å². The zero-order chi connectivity index (χ0) is 11.5. The quantitative estimate of drug-likeness (QED) is 0.450. The number of nitrogens with zero attached hydrogens (tertiary/aromatic N) is 1. The molecule has 0 aromatic heterocycles. The van der Waals surface area contributed by atoms with Crippen molar-refractivity contribution in [1.82, 2.24) is 0 Å². The summed E-state index contributed by atoms with van der Waals surface area (Å²) < 4.78 is 18.4. The van der Waals surface area contributed by atoms with Gasteiger partial charge in [-0.25, -0.2) is 4.39 Å². The lowest BCUT2D eigenvalue weighted by atomic mass is 10.1. The van der Waals surface area contributed by atoms with Crippen molar-refractivity contribution in [2.24, 2.45) is 5.16 Å². The highest BCUT2D eigenvalue weighted by Crippen LogP contribution is 2.34. The zero-order valence-electron chi connectivity index (χ0n) is 8.24. The zero-order valence-corrected chi connectivity index (χ0v) is 8.24. The van der Waals surface area contributed by atoms with Crippen LogP contribution in [0.2, 0.25) is 0 Å². The molecule has 1 aliphatic rings. The van der Waals surface area contributed by atoms with Gasteiger partial charge in [-0.15, -0.1) is 0 Å². The summed E-state index contributed by atoms with van der Waals surface area (Å²) in [6.07, 6.45) is 1.27. The second kappa shape index (κ2) is 4.18. The lowest BCUT2D eigenvalue weighted by Gasteiger charge is -2.07. The SMILES string of the molecule is O=C(/C=N\O)Nc1ccc(F)c2c1CCO2. The Hall–Kier alpha value is -2.11. The first-order valence-corrected chi connectivity index (χ1v) is 4.65. The minimum atomic E-state index is -0.580. The Morgan fingerprint density at radius 3 is 3.19 bits per heavy atom. The third-order valence-electron chi connectivity index (χ3n) is 2.24. The average Bonchev–Trinajstić information content (AvgIpc) is 2.72. The molecule has 0 atom stereocenters. The summed E-state index contributed by atoms with van der Waals surface area (Å²) in [5, 5.41) is 13.3. The summed E-state index contributed by atoms with van der Waals surface area (Å²) in [7, 11) is 0. The monoisotopic (exact) mass is 224 g/mol. The maximum Gasteiger partial charge on any atom is 0.270 e. The molecule has 0 saturated carbocycles. The van der Waals surface area contributed by atoms with Crippen LogP contribution < -0.4 is 10.1 Å². The smallest absolute Gasteiger partial charge is 0.270 e. The van der Waals surface area contributed by atoms with Crippen LogP contribution in [0.4, 0.5) is 10.1 Å². The normalized spacial score (nSPS) is 13.6. The van der Waals surface area contributed by atoms with Crippen LogP contribution in [0.25, 0.3) is 0 Å². The van der Waals surface area contributed by atoms with Gasteiger partial charge in [0, 0.05) is 17.7 Å². The van der Waals surface area contributed by atoms with Gasteiger partial charge in [-0.2, -0.15) is 0 Å².